The standard InChI is InChI=1S/C16H13N3OS2/c1-20-12-8-6-11(7-9-12)10-21-15-17-18-16-19(15)13-4-2-3-5-14(13)22-16/h2-9H,10H2,1H3. The van der Waals surface area contributed by atoms with E-state index >= 15 is 0 Å². The molecule has 0 fully saturated rings. The van der Waals surface area contributed by atoms with Crippen LogP contribution in [0.2, 0.25) is 0 Å². The minimum Gasteiger partial charge on any atom is -0.497 e. The average molecular weight is 327 g/mol. The lowest BCUT2D eigenvalue weighted by Gasteiger charge is -2.02. The SMILES string of the molecule is COc1ccc(CSc2nnc3sc4ccccc4n23)cc1. The number of fused-ring (bicyclic) bond motifs is 3. The van der Waals surface area contributed by atoms with Crippen LogP contribution in [-0.2, 0) is 5.75 Å². The van der Waals surface area contributed by atoms with Gasteiger partial charge in [-0.15, -0.1) is 10.2 Å². The zero-order chi connectivity index (χ0) is 14.9. The second kappa shape index (κ2) is 5.62. The summed E-state index contributed by atoms with van der Waals surface area (Å²) < 4.78 is 8.55. The molecule has 0 bridgehead atoms. The maximum Gasteiger partial charge on any atom is 0.217 e. The second-order valence-corrected chi connectivity index (χ2v) is 6.76. The van der Waals surface area contributed by atoms with Gasteiger partial charge < -0.3 is 4.74 Å². The predicted octanol–water partition coefficient (Wildman–Crippen LogP) is 4.24. The van der Waals surface area contributed by atoms with Crippen LogP contribution < -0.4 is 4.74 Å². The molecule has 6 heteroatoms. The third kappa shape index (κ3) is 2.34. The van der Waals surface area contributed by atoms with Crippen LogP contribution in [-0.4, -0.2) is 21.7 Å². The van der Waals surface area contributed by atoms with Gasteiger partial charge in [0.1, 0.15) is 5.75 Å². The van der Waals surface area contributed by atoms with Crippen molar-refractivity contribution in [3.05, 3.63) is 54.1 Å². The van der Waals surface area contributed by atoms with Crippen molar-refractivity contribution in [2.24, 2.45) is 0 Å². The van der Waals surface area contributed by atoms with E-state index in [0.29, 0.717) is 0 Å². The largest absolute Gasteiger partial charge is 0.497 e. The van der Waals surface area contributed by atoms with Crippen LogP contribution in [0.15, 0.2) is 53.7 Å². The number of ether oxygens (including phenoxy) is 1. The summed E-state index contributed by atoms with van der Waals surface area (Å²) in [5.41, 5.74) is 2.41. The van der Waals surface area contributed by atoms with E-state index in [9.17, 15) is 0 Å². The van der Waals surface area contributed by atoms with E-state index in [1.165, 1.54) is 15.8 Å². The molecular weight excluding hydrogens is 314 g/mol. The third-order valence-corrected chi connectivity index (χ3v) is 5.45. The van der Waals surface area contributed by atoms with Crippen LogP contribution >= 0.6 is 23.1 Å². The van der Waals surface area contributed by atoms with Gasteiger partial charge in [-0.1, -0.05) is 47.4 Å². The molecule has 2 heterocycles. The van der Waals surface area contributed by atoms with E-state index in [0.717, 1.165) is 21.6 Å². The van der Waals surface area contributed by atoms with Crippen LogP contribution in [0.25, 0.3) is 15.2 Å². The highest BCUT2D eigenvalue weighted by molar-refractivity contribution is 7.98. The average Bonchev–Trinajstić information content (AvgIpc) is 3.12. The number of para-hydroxylation sites is 1. The van der Waals surface area contributed by atoms with Crippen molar-refractivity contribution in [2.45, 2.75) is 10.9 Å². The molecule has 4 aromatic rings. The van der Waals surface area contributed by atoms with E-state index in [2.05, 4.69) is 44.9 Å². The van der Waals surface area contributed by atoms with Crippen molar-refractivity contribution in [2.75, 3.05) is 7.11 Å². The summed E-state index contributed by atoms with van der Waals surface area (Å²) in [5.74, 6) is 1.73. The zero-order valence-electron chi connectivity index (χ0n) is 11.9. The lowest BCUT2D eigenvalue weighted by Crippen LogP contribution is -1.88. The van der Waals surface area contributed by atoms with E-state index in [1.807, 2.05) is 18.2 Å². The molecule has 0 saturated heterocycles. The monoisotopic (exact) mass is 327 g/mol. The summed E-state index contributed by atoms with van der Waals surface area (Å²) >= 11 is 3.37. The van der Waals surface area contributed by atoms with Gasteiger partial charge in [0.15, 0.2) is 5.16 Å². The Morgan fingerprint density at radius 3 is 2.73 bits per heavy atom. The molecule has 0 amide bonds. The van der Waals surface area contributed by atoms with Crippen LogP contribution in [0.4, 0.5) is 0 Å². The van der Waals surface area contributed by atoms with Gasteiger partial charge in [-0.2, -0.15) is 0 Å². The summed E-state index contributed by atoms with van der Waals surface area (Å²) in [7, 11) is 1.68. The minimum atomic E-state index is 0.856. The maximum absolute atomic E-state index is 5.18. The Labute approximate surface area is 135 Å². The molecule has 0 unspecified atom stereocenters. The van der Waals surface area contributed by atoms with Crippen LogP contribution in [0.5, 0.6) is 5.75 Å². The predicted molar refractivity (Wildman–Crippen MR) is 90.9 cm³/mol. The van der Waals surface area contributed by atoms with Gasteiger partial charge in [0.25, 0.3) is 0 Å². The van der Waals surface area contributed by atoms with E-state index in [4.69, 9.17) is 4.74 Å². The summed E-state index contributed by atoms with van der Waals surface area (Å²) in [5, 5.41) is 9.54. The van der Waals surface area contributed by atoms with E-state index in [-0.39, 0.29) is 0 Å². The van der Waals surface area contributed by atoms with E-state index < -0.39 is 0 Å². The first-order valence-corrected chi connectivity index (χ1v) is 8.64. The minimum absolute atomic E-state index is 0.856. The van der Waals surface area contributed by atoms with Crippen molar-refractivity contribution in [3.8, 4) is 5.75 Å². The Morgan fingerprint density at radius 2 is 1.91 bits per heavy atom. The molecule has 0 radical (unpaired) electrons. The lowest BCUT2D eigenvalue weighted by molar-refractivity contribution is 0.414. The fraction of sp³-hybridized carbons (Fsp3) is 0.125. The molecule has 4 rings (SSSR count). The van der Waals surface area contributed by atoms with Gasteiger partial charge in [0.2, 0.25) is 4.96 Å². The first-order chi connectivity index (χ1) is 10.8. The molecule has 110 valence electrons. The molecule has 0 saturated carbocycles. The quantitative estimate of drug-likeness (QED) is 0.525. The molecule has 2 aromatic carbocycles. The summed E-state index contributed by atoms with van der Waals surface area (Å²) in [6, 6.07) is 16.4. The molecule has 0 spiro atoms. The van der Waals surface area contributed by atoms with Gasteiger partial charge in [0.05, 0.1) is 17.3 Å². The van der Waals surface area contributed by atoms with Crippen molar-refractivity contribution in [3.63, 3.8) is 0 Å². The fourth-order valence-corrected chi connectivity index (χ4v) is 4.24. The van der Waals surface area contributed by atoms with Gasteiger partial charge in [0, 0.05) is 5.75 Å². The van der Waals surface area contributed by atoms with Gasteiger partial charge >= 0.3 is 0 Å². The summed E-state index contributed by atoms with van der Waals surface area (Å²) in [6.07, 6.45) is 0. The second-order valence-electron chi connectivity index (χ2n) is 4.81. The molecule has 0 aliphatic carbocycles. The first kappa shape index (κ1) is 13.6. The van der Waals surface area contributed by atoms with Crippen molar-refractivity contribution in [1.29, 1.82) is 0 Å². The molecule has 22 heavy (non-hydrogen) atoms. The van der Waals surface area contributed by atoms with Crippen LogP contribution in [0.3, 0.4) is 0 Å². The maximum atomic E-state index is 5.18. The molecular formula is C16H13N3OS2. The van der Waals surface area contributed by atoms with Gasteiger partial charge in [-0.05, 0) is 29.8 Å². The molecule has 0 atom stereocenters. The highest BCUT2D eigenvalue weighted by Crippen LogP contribution is 2.30. The van der Waals surface area contributed by atoms with Crippen LogP contribution in [0, 0.1) is 0 Å². The highest BCUT2D eigenvalue weighted by atomic mass is 32.2. The fourth-order valence-electron chi connectivity index (χ4n) is 2.32. The third-order valence-electron chi connectivity index (χ3n) is 3.44. The Kier molecular flexibility index (Phi) is 3.48. The summed E-state index contributed by atoms with van der Waals surface area (Å²) in [6.45, 7) is 0. The van der Waals surface area contributed by atoms with Crippen LogP contribution in [0.1, 0.15) is 5.56 Å². The normalized spacial score (nSPS) is 11.3. The number of rotatable bonds is 4. The van der Waals surface area contributed by atoms with Crippen molar-refractivity contribution < 1.29 is 4.74 Å². The smallest absolute Gasteiger partial charge is 0.217 e. The molecule has 2 aromatic heterocycles. The topological polar surface area (TPSA) is 39.4 Å². The van der Waals surface area contributed by atoms with Gasteiger partial charge in [-0.3, -0.25) is 4.40 Å². The Hall–Kier alpha value is -2.05. The Bertz CT molecular complexity index is 928. The molecule has 4 nitrogen and oxygen atoms in total. The molecule has 0 aliphatic rings. The number of thiazole rings is 1. The number of benzene rings is 2. The molecule has 0 aliphatic heterocycles. The number of hydrogen-bond donors (Lipinski definition) is 0. The Balaban J connectivity index is 1.63. The number of thioether (sulfide) groups is 1. The Morgan fingerprint density at radius 1 is 1.09 bits per heavy atom. The van der Waals surface area contributed by atoms with Crippen molar-refractivity contribution >= 4 is 38.3 Å². The lowest BCUT2D eigenvalue weighted by atomic mass is 10.2. The highest BCUT2D eigenvalue weighted by Gasteiger charge is 2.12. The van der Waals surface area contributed by atoms with Gasteiger partial charge in [-0.25, -0.2) is 0 Å². The van der Waals surface area contributed by atoms with Crippen molar-refractivity contribution in [1.82, 2.24) is 14.6 Å². The molecule has 0 N–H and O–H groups in total. The van der Waals surface area contributed by atoms with E-state index in [1.54, 1.807) is 30.2 Å². The number of aromatic nitrogens is 3. The zero-order valence-corrected chi connectivity index (χ0v) is 13.5. The number of methoxy groups -OCH3 is 1. The first-order valence-electron chi connectivity index (χ1n) is 6.83. The number of nitrogens with zero attached hydrogens (tertiary/aromatic N) is 3. The summed E-state index contributed by atoms with van der Waals surface area (Å²) in [4.78, 5) is 0.943. The number of hydrogen-bond acceptors (Lipinski definition) is 5.